The van der Waals surface area contributed by atoms with Gasteiger partial charge in [0.1, 0.15) is 0 Å². The zero-order valence-electron chi connectivity index (χ0n) is 16.3. The van der Waals surface area contributed by atoms with Crippen LogP contribution < -0.4 is 9.62 Å². The molecular formula is C21H19Cl2N3O4S. The third-order valence-electron chi connectivity index (χ3n) is 4.87. The van der Waals surface area contributed by atoms with Gasteiger partial charge in [0.2, 0.25) is 15.9 Å². The second-order valence-electron chi connectivity index (χ2n) is 7.05. The number of rotatable bonds is 6. The van der Waals surface area contributed by atoms with Crippen molar-refractivity contribution in [1.29, 1.82) is 0 Å². The van der Waals surface area contributed by atoms with Gasteiger partial charge in [-0.15, -0.1) is 0 Å². The Kier molecular flexibility index (Phi) is 6.22. The summed E-state index contributed by atoms with van der Waals surface area (Å²) in [7, 11) is -3.32. The van der Waals surface area contributed by atoms with E-state index in [1.54, 1.807) is 30.5 Å². The van der Waals surface area contributed by atoms with Crippen molar-refractivity contribution in [2.24, 2.45) is 0 Å². The molecule has 1 amide bonds. The summed E-state index contributed by atoms with van der Waals surface area (Å²) in [6.45, 7) is 0.412. The topological polar surface area (TPSA) is 92.5 Å². The zero-order valence-corrected chi connectivity index (χ0v) is 18.7. The van der Waals surface area contributed by atoms with Gasteiger partial charge in [0.25, 0.3) is 0 Å². The number of halogens is 2. The first kappa shape index (κ1) is 21.7. The average Bonchev–Trinajstić information content (AvgIpc) is 3.34. The van der Waals surface area contributed by atoms with E-state index in [2.05, 4.69) is 10.3 Å². The molecule has 2 aromatic carbocycles. The second-order valence-corrected chi connectivity index (χ2v) is 9.88. The summed E-state index contributed by atoms with van der Waals surface area (Å²) >= 11 is 12.4. The van der Waals surface area contributed by atoms with E-state index in [1.165, 1.54) is 4.31 Å². The number of nitrogens with one attached hydrogen (secondary N) is 1. The molecular weight excluding hydrogens is 461 g/mol. The second kappa shape index (κ2) is 8.90. The summed E-state index contributed by atoms with van der Waals surface area (Å²) in [6.07, 6.45) is 2.55. The molecule has 1 N–H and O–H groups in total. The van der Waals surface area contributed by atoms with Crippen LogP contribution in [0.25, 0.3) is 11.3 Å². The van der Waals surface area contributed by atoms with Crippen molar-refractivity contribution in [3.8, 4) is 11.3 Å². The number of carbonyl (C=O) groups excluding carboxylic acids is 1. The Morgan fingerprint density at radius 2 is 1.97 bits per heavy atom. The monoisotopic (exact) mass is 479 g/mol. The molecule has 0 aliphatic carbocycles. The number of hydrogen-bond acceptors (Lipinski definition) is 5. The van der Waals surface area contributed by atoms with Gasteiger partial charge in [-0.25, -0.2) is 13.4 Å². The largest absolute Gasteiger partial charge is 0.441 e. The summed E-state index contributed by atoms with van der Waals surface area (Å²) in [5.74, 6) is 0.765. The highest BCUT2D eigenvalue weighted by Crippen LogP contribution is 2.32. The van der Waals surface area contributed by atoms with Crippen LogP contribution in [0.1, 0.15) is 18.7 Å². The number of anilines is 2. The van der Waals surface area contributed by atoms with Crippen LogP contribution in [-0.4, -0.2) is 31.6 Å². The molecule has 1 aliphatic rings. The maximum Gasteiger partial charge on any atom is 0.235 e. The van der Waals surface area contributed by atoms with Gasteiger partial charge in [-0.05, 0) is 36.8 Å². The molecule has 162 valence electrons. The summed E-state index contributed by atoms with van der Waals surface area (Å²) in [6, 6.07) is 12.0. The van der Waals surface area contributed by atoms with E-state index in [-0.39, 0.29) is 24.5 Å². The SMILES string of the molecule is O=C(CCc1ncc(-c2ccccc2Cl)o1)Nc1cc(N2CCCS2(=O)=O)ccc1Cl. The highest BCUT2D eigenvalue weighted by Gasteiger charge is 2.28. The molecule has 7 nitrogen and oxygen atoms in total. The molecule has 10 heteroatoms. The summed E-state index contributed by atoms with van der Waals surface area (Å²) in [5, 5.41) is 3.61. The normalized spacial score (nSPS) is 15.2. The van der Waals surface area contributed by atoms with Crippen molar-refractivity contribution in [3.05, 3.63) is 64.6 Å². The Balaban J connectivity index is 1.41. The summed E-state index contributed by atoms with van der Waals surface area (Å²) in [4.78, 5) is 16.6. The van der Waals surface area contributed by atoms with E-state index < -0.39 is 10.0 Å². The number of carbonyl (C=O) groups is 1. The maximum atomic E-state index is 12.4. The van der Waals surface area contributed by atoms with Crippen LogP contribution in [0.2, 0.25) is 10.0 Å². The Hall–Kier alpha value is -2.55. The number of oxazole rings is 1. The number of aryl methyl sites for hydroxylation is 1. The molecule has 0 radical (unpaired) electrons. The first-order valence-corrected chi connectivity index (χ1v) is 12.0. The molecule has 1 saturated heterocycles. The lowest BCUT2D eigenvalue weighted by Crippen LogP contribution is -2.25. The molecule has 0 saturated carbocycles. The molecule has 3 aromatic rings. The summed E-state index contributed by atoms with van der Waals surface area (Å²) in [5.41, 5.74) is 1.57. The molecule has 0 atom stereocenters. The van der Waals surface area contributed by atoms with Crippen LogP contribution in [0, 0.1) is 0 Å². The third-order valence-corrected chi connectivity index (χ3v) is 7.40. The Bertz CT molecular complexity index is 1230. The predicted molar refractivity (Wildman–Crippen MR) is 121 cm³/mol. The Labute approximate surface area is 190 Å². The summed E-state index contributed by atoms with van der Waals surface area (Å²) < 4.78 is 31.3. The molecule has 4 rings (SSSR count). The van der Waals surface area contributed by atoms with Crippen LogP contribution in [0.4, 0.5) is 11.4 Å². The Morgan fingerprint density at radius 3 is 2.71 bits per heavy atom. The first-order chi connectivity index (χ1) is 14.8. The quantitative estimate of drug-likeness (QED) is 0.549. The molecule has 1 aliphatic heterocycles. The predicted octanol–water partition coefficient (Wildman–Crippen LogP) is 4.76. The lowest BCUT2D eigenvalue weighted by Gasteiger charge is -2.18. The molecule has 0 spiro atoms. The van der Waals surface area contributed by atoms with E-state index in [9.17, 15) is 13.2 Å². The van der Waals surface area contributed by atoms with Gasteiger partial charge in [-0.3, -0.25) is 9.10 Å². The van der Waals surface area contributed by atoms with E-state index in [1.807, 2.05) is 18.2 Å². The molecule has 1 fully saturated rings. The third kappa shape index (κ3) is 4.87. The van der Waals surface area contributed by atoms with Crippen LogP contribution in [-0.2, 0) is 21.2 Å². The molecule has 31 heavy (non-hydrogen) atoms. The van der Waals surface area contributed by atoms with Gasteiger partial charge in [0.15, 0.2) is 11.7 Å². The van der Waals surface area contributed by atoms with Crippen molar-refractivity contribution in [3.63, 3.8) is 0 Å². The highest BCUT2D eigenvalue weighted by molar-refractivity contribution is 7.93. The van der Waals surface area contributed by atoms with E-state index in [0.717, 1.165) is 5.56 Å². The number of sulfonamides is 1. The van der Waals surface area contributed by atoms with Crippen LogP contribution in [0.15, 0.2) is 53.1 Å². The smallest absolute Gasteiger partial charge is 0.235 e. The van der Waals surface area contributed by atoms with Crippen LogP contribution in [0.3, 0.4) is 0 Å². The van der Waals surface area contributed by atoms with Gasteiger partial charge in [-0.1, -0.05) is 35.3 Å². The maximum absolute atomic E-state index is 12.4. The number of amides is 1. The molecule has 0 unspecified atom stereocenters. The van der Waals surface area contributed by atoms with Crippen molar-refractivity contribution in [1.82, 2.24) is 4.98 Å². The van der Waals surface area contributed by atoms with Gasteiger partial charge >= 0.3 is 0 Å². The van der Waals surface area contributed by atoms with Crippen LogP contribution >= 0.6 is 23.2 Å². The van der Waals surface area contributed by atoms with Crippen molar-refractivity contribution in [2.45, 2.75) is 19.3 Å². The lowest BCUT2D eigenvalue weighted by molar-refractivity contribution is -0.116. The fourth-order valence-corrected chi connectivity index (χ4v) is 5.29. The molecule has 0 bridgehead atoms. The van der Waals surface area contributed by atoms with E-state index >= 15 is 0 Å². The lowest BCUT2D eigenvalue weighted by atomic mass is 10.2. The van der Waals surface area contributed by atoms with Gasteiger partial charge in [0.05, 0.1) is 33.4 Å². The standard InChI is InChI=1S/C21H19Cl2N3O4S/c22-16-5-2-1-4-15(16)19-13-24-21(30-19)9-8-20(27)25-18-12-14(6-7-17(18)23)26-10-3-11-31(26,28)29/h1-2,4-7,12-13H,3,8-11H2,(H,25,27). The fraction of sp³-hybridized carbons (Fsp3) is 0.238. The number of hydrogen-bond donors (Lipinski definition) is 1. The minimum atomic E-state index is -3.32. The first-order valence-electron chi connectivity index (χ1n) is 9.63. The van der Waals surface area contributed by atoms with E-state index in [0.29, 0.717) is 46.0 Å². The highest BCUT2D eigenvalue weighted by atomic mass is 35.5. The van der Waals surface area contributed by atoms with Crippen molar-refractivity contribution < 1.29 is 17.6 Å². The minimum absolute atomic E-state index is 0.115. The van der Waals surface area contributed by atoms with Gasteiger partial charge in [-0.2, -0.15) is 0 Å². The fourth-order valence-electron chi connectivity index (χ4n) is 3.34. The number of nitrogens with zero attached hydrogens (tertiary/aromatic N) is 2. The zero-order chi connectivity index (χ0) is 22.0. The van der Waals surface area contributed by atoms with Gasteiger partial charge in [0, 0.05) is 24.9 Å². The number of benzene rings is 2. The van der Waals surface area contributed by atoms with E-state index in [4.69, 9.17) is 27.6 Å². The van der Waals surface area contributed by atoms with Gasteiger partial charge < -0.3 is 9.73 Å². The average molecular weight is 480 g/mol. The number of aromatic nitrogens is 1. The minimum Gasteiger partial charge on any atom is -0.441 e. The molecule has 1 aromatic heterocycles. The van der Waals surface area contributed by atoms with Crippen molar-refractivity contribution in [2.75, 3.05) is 21.9 Å². The van der Waals surface area contributed by atoms with Crippen molar-refractivity contribution >= 4 is 50.5 Å². The molecule has 2 heterocycles. The Morgan fingerprint density at radius 1 is 1.16 bits per heavy atom. The van der Waals surface area contributed by atoms with Crippen LogP contribution in [0.5, 0.6) is 0 Å².